The summed E-state index contributed by atoms with van der Waals surface area (Å²) in [5.74, 6) is 0.607. The van der Waals surface area contributed by atoms with Crippen molar-refractivity contribution >= 4 is 11.6 Å². The van der Waals surface area contributed by atoms with E-state index in [4.69, 9.17) is 5.73 Å². The van der Waals surface area contributed by atoms with Crippen LogP contribution in [-0.2, 0) is 11.0 Å². The molecule has 1 amide bonds. The highest BCUT2D eigenvalue weighted by molar-refractivity contribution is 5.76. The molecule has 1 saturated heterocycles. The van der Waals surface area contributed by atoms with Gasteiger partial charge >= 0.3 is 6.18 Å². The third-order valence-corrected chi connectivity index (χ3v) is 5.81. The highest BCUT2D eigenvalue weighted by atomic mass is 19.4. The first-order chi connectivity index (χ1) is 12.2. The van der Waals surface area contributed by atoms with E-state index in [1.807, 2.05) is 0 Å². The van der Waals surface area contributed by atoms with Crippen molar-refractivity contribution in [3.63, 3.8) is 0 Å². The van der Waals surface area contributed by atoms with Crippen molar-refractivity contribution in [1.82, 2.24) is 4.90 Å². The number of nitrogens with two attached hydrogens (primary N) is 1. The van der Waals surface area contributed by atoms with Crippen molar-refractivity contribution in [2.45, 2.75) is 44.9 Å². The summed E-state index contributed by atoms with van der Waals surface area (Å²) >= 11 is 0. The molecular weight excluding hydrogens is 343 g/mol. The molecule has 0 radical (unpaired) electrons. The number of carbonyl (C=O) groups excluding carboxylic acids is 1. The lowest BCUT2D eigenvalue weighted by Gasteiger charge is -2.35. The number of alkyl halides is 3. The van der Waals surface area contributed by atoms with Crippen molar-refractivity contribution in [1.29, 1.82) is 0 Å². The first kappa shape index (κ1) is 19.0. The fourth-order valence-corrected chi connectivity index (χ4v) is 4.58. The number of nitrogens with zero attached hydrogens (tertiary/aromatic N) is 2. The van der Waals surface area contributed by atoms with Gasteiger partial charge < -0.3 is 10.6 Å². The second kappa shape index (κ2) is 7.10. The van der Waals surface area contributed by atoms with Crippen molar-refractivity contribution in [2.24, 2.45) is 17.6 Å². The summed E-state index contributed by atoms with van der Waals surface area (Å²) in [7, 11) is 0. The van der Waals surface area contributed by atoms with E-state index in [0.717, 1.165) is 43.8 Å². The Labute approximate surface area is 152 Å². The zero-order valence-electron chi connectivity index (χ0n) is 15.2. The minimum atomic E-state index is -4.31. The van der Waals surface area contributed by atoms with Gasteiger partial charge in [0, 0.05) is 30.9 Å². The lowest BCUT2D eigenvalue weighted by molar-refractivity contribution is -0.137. The molecule has 1 aromatic carbocycles. The molecule has 1 saturated carbocycles. The highest BCUT2D eigenvalue weighted by Crippen LogP contribution is 2.43. The van der Waals surface area contributed by atoms with Crippen molar-refractivity contribution in [3.05, 3.63) is 29.8 Å². The average molecular weight is 369 g/mol. The Morgan fingerprint density at radius 2 is 1.88 bits per heavy atom. The highest BCUT2D eigenvalue weighted by Gasteiger charge is 2.45. The van der Waals surface area contributed by atoms with Crippen LogP contribution in [0, 0.1) is 11.8 Å². The number of fused-ring (bicyclic) bond motifs is 1. The van der Waals surface area contributed by atoms with Gasteiger partial charge in [0.2, 0.25) is 5.91 Å². The Balaban J connectivity index is 1.72. The molecule has 0 bridgehead atoms. The van der Waals surface area contributed by atoms with Crippen LogP contribution in [0.3, 0.4) is 0 Å². The fourth-order valence-electron chi connectivity index (χ4n) is 4.58. The van der Waals surface area contributed by atoms with Crippen LogP contribution in [0.5, 0.6) is 0 Å². The number of benzene rings is 1. The second-order valence-corrected chi connectivity index (χ2v) is 7.75. The number of primary amides is 1. The Kier molecular flexibility index (Phi) is 5.19. The number of anilines is 1. The zero-order valence-corrected chi connectivity index (χ0v) is 15.2. The van der Waals surface area contributed by atoms with Gasteiger partial charge in [-0.1, -0.05) is 0 Å². The van der Waals surface area contributed by atoms with E-state index in [-0.39, 0.29) is 18.5 Å². The summed E-state index contributed by atoms with van der Waals surface area (Å²) in [6, 6.07) is 5.94. The molecule has 7 heteroatoms. The molecule has 1 aliphatic carbocycles. The summed E-state index contributed by atoms with van der Waals surface area (Å²) in [4.78, 5) is 15.8. The summed E-state index contributed by atoms with van der Waals surface area (Å²) in [6.07, 6.45) is -2.19. The lowest BCUT2D eigenvalue weighted by Crippen LogP contribution is -2.48. The number of halogens is 3. The van der Waals surface area contributed by atoms with Gasteiger partial charge in [-0.3, -0.25) is 9.69 Å². The van der Waals surface area contributed by atoms with Gasteiger partial charge in [-0.15, -0.1) is 0 Å². The van der Waals surface area contributed by atoms with E-state index in [9.17, 15) is 18.0 Å². The standard InChI is InChI=1S/C19H26F3N3O/c1-12(2)25(11-18(23)26)17-8-3-13-9-24(10-16(13)17)15-6-4-14(5-7-15)19(20,21)22/h4-7,12-13,16-17H,3,8-11H2,1-2H3,(H2,23,26)/t13-,16+,17+/m1/s1. The largest absolute Gasteiger partial charge is 0.416 e. The molecule has 1 heterocycles. The molecule has 3 atom stereocenters. The number of hydrogen-bond donors (Lipinski definition) is 1. The van der Waals surface area contributed by atoms with E-state index in [1.165, 1.54) is 0 Å². The molecule has 1 aromatic rings. The van der Waals surface area contributed by atoms with E-state index in [0.29, 0.717) is 17.9 Å². The first-order valence-corrected chi connectivity index (χ1v) is 9.13. The van der Waals surface area contributed by atoms with E-state index in [1.54, 1.807) is 12.1 Å². The smallest absolute Gasteiger partial charge is 0.371 e. The number of hydrogen-bond acceptors (Lipinski definition) is 3. The maximum absolute atomic E-state index is 12.7. The van der Waals surface area contributed by atoms with Gasteiger partial charge in [0.25, 0.3) is 0 Å². The average Bonchev–Trinajstić information content (AvgIpc) is 3.12. The molecule has 0 spiro atoms. The molecule has 26 heavy (non-hydrogen) atoms. The normalized spacial score (nSPS) is 26.0. The molecule has 0 unspecified atom stereocenters. The quantitative estimate of drug-likeness (QED) is 0.868. The monoisotopic (exact) mass is 369 g/mol. The third-order valence-electron chi connectivity index (χ3n) is 5.81. The molecule has 1 aliphatic heterocycles. The number of rotatable bonds is 5. The summed E-state index contributed by atoms with van der Waals surface area (Å²) in [6.45, 7) is 6.06. The van der Waals surface area contributed by atoms with E-state index < -0.39 is 11.7 Å². The van der Waals surface area contributed by atoms with Crippen LogP contribution in [0.4, 0.5) is 18.9 Å². The van der Waals surface area contributed by atoms with Crippen LogP contribution < -0.4 is 10.6 Å². The Bertz CT molecular complexity index is 644. The van der Waals surface area contributed by atoms with Crippen molar-refractivity contribution < 1.29 is 18.0 Å². The predicted octanol–water partition coefficient (Wildman–Crippen LogP) is 3.12. The van der Waals surface area contributed by atoms with Gasteiger partial charge in [-0.05, 0) is 62.8 Å². The molecule has 2 fully saturated rings. The topological polar surface area (TPSA) is 49.6 Å². The van der Waals surface area contributed by atoms with Crippen LogP contribution in [0.25, 0.3) is 0 Å². The van der Waals surface area contributed by atoms with Crippen LogP contribution in [0.1, 0.15) is 32.3 Å². The maximum Gasteiger partial charge on any atom is 0.416 e. The van der Waals surface area contributed by atoms with Gasteiger partial charge in [0.1, 0.15) is 0 Å². The minimum absolute atomic E-state index is 0.228. The first-order valence-electron chi connectivity index (χ1n) is 9.13. The SMILES string of the molecule is CC(C)N(CC(N)=O)[C@H]1CC[C@@H]2CN(c3ccc(C(F)(F)F)cc3)C[C@@H]21. The molecule has 3 rings (SSSR count). The fraction of sp³-hybridized carbons (Fsp3) is 0.632. The summed E-state index contributed by atoms with van der Waals surface area (Å²) in [5.41, 5.74) is 5.63. The number of amides is 1. The molecule has 2 aliphatic rings. The van der Waals surface area contributed by atoms with Crippen molar-refractivity contribution in [3.8, 4) is 0 Å². The van der Waals surface area contributed by atoms with Crippen LogP contribution in [-0.4, -0.2) is 42.5 Å². The van der Waals surface area contributed by atoms with E-state index in [2.05, 4.69) is 23.6 Å². The molecule has 144 valence electrons. The summed E-state index contributed by atoms with van der Waals surface area (Å²) < 4.78 is 38.2. The summed E-state index contributed by atoms with van der Waals surface area (Å²) in [5, 5.41) is 0. The zero-order chi connectivity index (χ0) is 19.1. The lowest BCUT2D eigenvalue weighted by atomic mass is 9.96. The van der Waals surface area contributed by atoms with Gasteiger partial charge in [-0.25, -0.2) is 0 Å². The van der Waals surface area contributed by atoms with Gasteiger partial charge in [0.15, 0.2) is 0 Å². The van der Waals surface area contributed by atoms with Crippen LogP contribution >= 0.6 is 0 Å². The maximum atomic E-state index is 12.7. The second-order valence-electron chi connectivity index (χ2n) is 7.75. The van der Waals surface area contributed by atoms with Crippen LogP contribution in [0.15, 0.2) is 24.3 Å². The predicted molar refractivity (Wildman–Crippen MR) is 94.7 cm³/mol. The molecule has 2 N–H and O–H groups in total. The molecule has 0 aromatic heterocycles. The Hall–Kier alpha value is -1.76. The number of carbonyl (C=O) groups is 1. The third kappa shape index (κ3) is 3.82. The van der Waals surface area contributed by atoms with Gasteiger partial charge in [0.05, 0.1) is 12.1 Å². The van der Waals surface area contributed by atoms with Crippen molar-refractivity contribution in [2.75, 3.05) is 24.5 Å². The molecular formula is C19H26F3N3O. The van der Waals surface area contributed by atoms with E-state index >= 15 is 0 Å². The minimum Gasteiger partial charge on any atom is -0.371 e. The van der Waals surface area contributed by atoms with Gasteiger partial charge in [-0.2, -0.15) is 13.2 Å². The van der Waals surface area contributed by atoms with Crippen LogP contribution in [0.2, 0.25) is 0 Å². The molecule has 4 nitrogen and oxygen atoms in total. The Morgan fingerprint density at radius 1 is 1.23 bits per heavy atom. The Morgan fingerprint density at radius 3 is 2.42 bits per heavy atom.